The van der Waals surface area contributed by atoms with Gasteiger partial charge in [-0.3, -0.25) is 0 Å². The minimum Gasteiger partial charge on any atom is -0.434 e. The Kier molecular flexibility index (Phi) is 16.3. The van der Waals surface area contributed by atoms with Crippen LogP contribution in [0.25, 0.3) is 0 Å². The topological polar surface area (TPSA) is 48.6 Å². The van der Waals surface area contributed by atoms with Gasteiger partial charge in [0.1, 0.15) is 13.2 Å². The molecule has 0 radical (unpaired) electrons. The third-order valence-corrected chi connectivity index (χ3v) is 7.25. The summed E-state index contributed by atoms with van der Waals surface area (Å²) in [6, 6.07) is 0. The first-order valence-corrected chi connectivity index (χ1v) is 14.5. The molecule has 1 aliphatic heterocycles. The normalized spacial score (nSPS) is 18.0. The third-order valence-electron chi connectivity index (χ3n) is 6.57. The van der Waals surface area contributed by atoms with E-state index in [0.29, 0.717) is 19.1 Å². The van der Waals surface area contributed by atoms with Crippen molar-refractivity contribution in [3.8, 4) is 0 Å². The Labute approximate surface area is 206 Å². The first-order chi connectivity index (χ1) is 16.3. The molecule has 0 bridgehead atoms. The van der Waals surface area contributed by atoms with Crippen molar-refractivity contribution in [2.24, 2.45) is 5.92 Å². The molecule has 6 heteroatoms. The Morgan fingerprint density at radius 2 is 1.64 bits per heavy atom. The van der Waals surface area contributed by atoms with E-state index in [4.69, 9.17) is 14.2 Å². The average Bonchev–Trinajstić information content (AvgIpc) is 3.50. The highest BCUT2D eigenvalue weighted by atomic mass is 32.1. The van der Waals surface area contributed by atoms with E-state index in [1.165, 1.54) is 83.5 Å². The highest BCUT2D eigenvalue weighted by Gasteiger charge is 2.26. The van der Waals surface area contributed by atoms with E-state index in [2.05, 4.69) is 28.6 Å². The second kappa shape index (κ2) is 19.2. The molecule has 1 aliphatic rings. The van der Waals surface area contributed by atoms with Crippen molar-refractivity contribution in [1.82, 2.24) is 0 Å². The highest BCUT2D eigenvalue weighted by Crippen LogP contribution is 2.25. The molecule has 2 unspecified atom stereocenters. The Balaban J connectivity index is 1.33. The van der Waals surface area contributed by atoms with E-state index < -0.39 is 6.16 Å². The van der Waals surface area contributed by atoms with Gasteiger partial charge >= 0.3 is 6.16 Å². The van der Waals surface area contributed by atoms with Gasteiger partial charge in [0.25, 0.3) is 0 Å². The van der Waals surface area contributed by atoms with Crippen LogP contribution in [0.3, 0.4) is 0 Å². The molecular weight excluding hydrogens is 434 g/mol. The summed E-state index contributed by atoms with van der Waals surface area (Å²) in [6.45, 7) is 4.77. The monoisotopic (exact) mass is 482 g/mol. The predicted molar refractivity (Wildman–Crippen MR) is 135 cm³/mol. The van der Waals surface area contributed by atoms with Crippen molar-refractivity contribution >= 4 is 17.5 Å². The summed E-state index contributed by atoms with van der Waals surface area (Å²) in [7, 11) is 0. The van der Waals surface area contributed by atoms with Crippen molar-refractivity contribution < 1.29 is 23.6 Å². The van der Waals surface area contributed by atoms with E-state index in [1.54, 1.807) is 11.3 Å². The maximum Gasteiger partial charge on any atom is 0.508 e. The Bertz CT molecular complexity index is 581. The molecule has 2 heterocycles. The zero-order chi connectivity index (χ0) is 23.4. The molecular formula is C27H48NO4S+. The van der Waals surface area contributed by atoms with Gasteiger partial charge in [0.15, 0.2) is 6.20 Å². The molecule has 2 atom stereocenters. The van der Waals surface area contributed by atoms with Crippen molar-refractivity contribution in [1.29, 1.82) is 0 Å². The maximum absolute atomic E-state index is 11.8. The second-order valence-electron chi connectivity index (χ2n) is 9.62. The summed E-state index contributed by atoms with van der Waals surface area (Å²) in [5.41, 5.74) is 2.09. The minimum atomic E-state index is -0.564. The molecule has 190 valence electrons. The molecule has 0 aliphatic carbocycles. The van der Waals surface area contributed by atoms with Gasteiger partial charge in [-0.15, -0.1) is 0 Å². The maximum atomic E-state index is 11.8. The van der Waals surface area contributed by atoms with Crippen molar-refractivity contribution in [2.45, 2.75) is 122 Å². The van der Waals surface area contributed by atoms with Gasteiger partial charge in [-0.2, -0.15) is 4.57 Å². The fraction of sp³-hybridized carbons (Fsp3) is 0.852. The van der Waals surface area contributed by atoms with Crippen LogP contribution in [0.2, 0.25) is 0 Å². The van der Waals surface area contributed by atoms with E-state index in [-0.39, 0.29) is 6.10 Å². The molecule has 5 nitrogen and oxygen atoms in total. The molecule has 2 rings (SSSR count). The molecule has 0 aromatic carbocycles. The van der Waals surface area contributed by atoms with E-state index in [1.807, 2.05) is 0 Å². The average molecular weight is 483 g/mol. The standard InChI is InChI=1S/C27H48NO4S/c1-2-3-4-5-6-7-8-9-10-11-12-13-16-25-21-26(31-22-25)23-32-27(29)30-19-15-14-17-28-18-20-33-24-28/h18,20,24-26H,2-17,19,21-23H2,1H3/q+1. The van der Waals surface area contributed by atoms with Gasteiger partial charge in [-0.1, -0.05) is 95.3 Å². The molecule has 1 aromatic heterocycles. The fourth-order valence-corrected chi connectivity index (χ4v) is 5.14. The number of rotatable bonds is 20. The lowest BCUT2D eigenvalue weighted by Gasteiger charge is -2.11. The zero-order valence-electron chi connectivity index (χ0n) is 21.0. The van der Waals surface area contributed by atoms with Crippen molar-refractivity contribution in [3.05, 3.63) is 17.1 Å². The summed E-state index contributed by atoms with van der Waals surface area (Å²) in [4.78, 5) is 11.8. The largest absolute Gasteiger partial charge is 0.508 e. The van der Waals surface area contributed by atoms with Gasteiger partial charge < -0.3 is 14.2 Å². The van der Waals surface area contributed by atoms with Crippen LogP contribution < -0.4 is 4.57 Å². The van der Waals surface area contributed by atoms with Gasteiger partial charge in [0.2, 0.25) is 5.51 Å². The first-order valence-electron chi connectivity index (χ1n) is 13.6. The van der Waals surface area contributed by atoms with Gasteiger partial charge in [0, 0.05) is 6.42 Å². The molecule has 0 amide bonds. The number of aromatic nitrogens is 1. The second-order valence-corrected chi connectivity index (χ2v) is 10.4. The number of nitrogens with zero attached hydrogens (tertiary/aromatic N) is 1. The number of unbranched alkanes of at least 4 members (excludes halogenated alkanes) is 12. The van der Waals surface area contributed by atoms with E-state index in [9.17, 15) is 4.79 Å². The number of hydrogen-bond donors (Lipinski definition) is 0. The van der Waals surface area contributed by atoms with Crippen LogP contribution in [0.5, 0.6) is 0 Å². The van der Waals surface area contributed by atoms with Gasteiger partial charge in [-0.05, 0) is 25.2 Å². The van der Waals surface area contributed by atoms with Crippen LogP contribution >= 0.6 is 11.3 Å². The zero-order valence-corrected chi connectivity index (χ0v) is 21.8. The Morgan fingerprint density at radius 3 is 2.30 bits per heavy atom. The number of carbonyl (C=O) groups is 1. The molecule has 33 heavy (non-hydrogen) atoms. The number of aryl methyl sites for hydroxylation is 1. The lowest BCUT2D eigenvalue weighted by Crippen LogP contribution is -2.29. The van der Waals surface area contributed by atoms with E-state index in [0.717, 1.165) is 32.4 Å². The molecule has 1 fully saturated rings. The Hall–Kier alpha value is -1.14. The molecule has 0 N–H and O–H groups in total. The quantitative estimate of drug-likeness (QED) is 0.110. The number of thiazole rings is 1. The summed E-state index contributed by atoms with van der Waals surface area (Å²) in [5, 5.41) is 2.06. The smallest absolute Gasteiger partial charge is 0.434 e. The van der Waals surface area contributed by atoms with Crippen LogP contribution in [0, 0.1) is 5.92 Å². The summed E-state index contributed by atoms with van der Waals surface area (Å²) >= 11 is 1.68. The number of hydrogen-bond acceptors (Lipinski definition) is 5. The van der Waals surface area contributed by atoms with Crippen LogP contribution in [-0.4, -0.2) is 32.1 Å². The number of ether oxygens (including phenoxy) is 3. The first kappa shape index (κ1) is 28.1. The van der Waals surface area contributed by atoms with Crippen LogP contribution in [0.15, 0.2) is 17.1 Å². The Morgan fingerprint density at radius 1 is 0.939 bits per heavy atom. The lowest BCUT2D eigenvalue weighted by atomic mass is 9.97. The van der Waals surface area contributed by atoms with Crippen LogP contribution in [-0.2, 0) is 20.8 Å². The van der Waals surface area contributed by atoms with Crippen LogP contribution in [0.1, 0.15) is 110 Å². The number of carbonyl (C=O) groups excluding carboxylic acids is 1. The minimum absolute atomic E-state index is 0.0369. The van der Waals surface area contributed by atoms with E-state index >= 15 is 0 Å². The van der Waals surface area contributed by atoms with Crippen LogP contribution in [0.4, 0.5) is 4.79 Å². The van der Waals surface area contributed by atoms with Crippen molar-refractivity contribution in [2.75, 3.05) is 19.8 Å². The summed E-state index contributed by atoms with van der Waals surface area (Å²) in [6.07, 6.45) is 22.3. The molecule has 1 saturated heterocycles. The molecule has 0 saturated carbocycles. The van der Waals surface area contributed by atoms with Gasteiger partial charge in [-0.25, -0.2) is 4.79 Å². The van der Waals surface area contributed by atoms with Crippen molar-refractivity contribution in [3.63, 3.8) is 0 Å². The summed E-state index contributed by atoms with van der Waals surface area (Å²) in [5.74, 6) is 0.618. The predicted octanol–water partition coefficient (Wildman–Crippen LogP) is 7.47. The summed E-state index contributed by atoms with van der Waals surface area (Å²) < 4.78 is 18.4. The molecule has 1 aromatic rings. The SMILES string of the molecule is CCCCCCCCCCCCCCC1COC(COC(=O)OCCCC[n+]2ccsc2)C1. The van der Waals surface area contributed by atoms with Gasteiger partial charge in [0.05, 0.1) is 24.7 Å². The highest BCUT2D eigenvalue weighted by molar-refractivity contribution is 7.07. The third kappa shape index (κ3) is 14.7. The fourth-order valence-electron chi connectivity index (χ4n) is 4.51. The lowest BCUT2D eigenvalue weighted by molar-refractivity contribution is -0.692. The molecule has 0 spiro atoms.